The van der Waals surface area contributed by atoms with Crippen molar-refractivity contribution in [2.75, 3.05) is 7.11 Å². The Balaban J connectivity index is 1.78. The number of nitrogens with one attached hydrogen (secondary N) is 1. The van der Waals surface area contributed by atoms with E-state index in [9.17, 15) is 4.79 Å². The zero-order chi connectivity index (χ0) is 16.2. The number of para-hydroxylation sites is 1. The van der Waals surface area contributed by atoms with Crippen LogP contribution in [0.4, 0.5) is 0 Å². The highest BCUT2D eigenvalue weighted by atomic mass is 79.9. The first-order chi connectivity index (χ1) is 11.2. The molecular formula is C17H14BrN3O2. The average molecular weight is 372 g/mol. The third-order valence-corrected chi connectivity index (χ3v) is 4.06. The molecule has 2 heterocycles. The lowest BCUT2D eigenvalue weighted by atomic mass is 10.2. The van der Waals surface area contributed by atoms with Crippen LogP contribution in [-0.2, 0) is 6.54 Å². The summed E-state index contributed by atoms with van der Waals surface area (Å²) in [4.78, 5) is 20.8. The van der Waals surface area contributed by atoms with E-state index >= 15 is 0 Å². The van der Waals surface area contributed by atoms with Crippen LogP contribution in [0.2, 0.25) is 0 Å². The Hall–Kier alpha value is -2.47. The zero-order valence-corrected chi connectivity index (χ0v) is 14.0. The van der Waals surface area contributed by atoms with Crippen LogP contribution in [-0.4, -0.2) is 23.0 Å². The van der Waals surface area contributed by atoms with Gasteiger partial charge in [0.15, 0.2) is 0 Å². The molecule has 1 N–H and O–H groups in total. The maximum absolute atomic E-state index is 12.3. The minimum absolute atomic E-state index is 0.231. The fourth-order valence-corrected chi connectivity index (χ4v) is 2.71. The summed E-state index contributed by atoms with van der Waals surface area (Å²) in [6.07, 6.45) is 1.65. The number of hydrogen-bond acceptors (Lipinski definition) is 4. The number of nitrogens with zero attached hydrogens (tertiary/aromatic N) is 2. The summed E-state index contributed by atoms with van der Waals surface area (Å²) in [5.74, 6) is 0.514. The normalized spacial score (nSPS) is 10.5. The fourth-order valence-electron chi connectivity index (χ4n) is 2.26. The molecule has 1 amide bonds. The molecule has 0 spiro atoms. The highest BCUT2D eigenvalue weighted by Crippen LogP contribution is 2.20. The molecule has 2 aromatic heterocycles. The van der Waals surface area contributed by atoms with E-state index in [1.165, 1.54) is 0 Å². The molecule has 1 aromatic carbocycles. The second-order valence-electron chi connectivity index (χ2n) is 4.86. The summed E-state index contributed by atoms with van der Waals surface area (Å²) < 4.78 is 5.99. The molecule has 23 heavy (non-hydrogen) atoms. The van der Waals surface area contributed by atoms with Gasteiger partial charge in [-0.25, -0.2) is 9.97 Å². The van der Waals surface area contributed by atoms with Gasteiger partial charge in [0, 0.05) is 23.7 Å². The summed E-state index contributed by atoms with van der Waals surface area (Å²) in [6, 6.07) is 12.9. The van der Waals surface area contributed by atoms with Crippen molar-refractivity contribution < 1.29 is 9.53 Å². The van der Waals surface area contributed by atoms with Gasteiger partial charge < -0.3 is 10.1 Å². The Labute approximate surface area is 141 Å². The smallest absolute Gasteiger partial charge is 0.270 e. The fraction of sp³-hybridized carbons (Fsp3) is 0.118. The van der Waals surface area contributed by atoms with E-state index in [4.69, 9.17) is 4.74 Å². The predicted octanol–water partition coefficient (Wildman–Crippen LogP) is 3.33. The molecular weight excluding hydrogens is 358 g/mol. The summed E-state index contributed by atoms with van der Waals surface area (Å²) in [7, 11) is 1.61. The molecule has 6 heteroatoms. The highest BCUT2D eigenvalue weighted by molar-refractivity contribution is 9.10. The molecule has 0 aliphatic carbocycles. The first-order valence-electron chi connectivity index (χ1n) is 7.00. The molecule has 0 unspecified atom stereocenters. The van der Waals surface area contributed by atoms with Crippen molar-refractivity contribution in [3.8, 4) is 5.75 Å². The van der Waals surface area contributed by atoms with Crippen molar-refractivity contribution in [2.24, 2.45) is 0 Å². The molecule has 0 atom stereocenters. The van der Waals surface area contributed by atoms with Crippen molar-refractivity contribution in [2.45, 2.75) is 6.54 Å². The van der Waals surface area contributed by atoms with Crippen LogP contribution in [0.1, 0.15) is 16.1 Å². The Morgan fingerprint density at radius 2 is 2.04 bits per heavy atom. The number of halogens is 1. The second-order valence-corrected chi connectivity index (χ2v) is 5.61. The Morgan fingerprint density at radius 1 is 1.22 bits per heavy atom. The molecule has 0 fully saturated rings. The van der Waals surface area contributed by atoms with Crippen LogP contribution in [0.25, 0.3) is 10.9 Å². The third kappa shape index (κ3) is 3.32. The summed E-state index contributed by atoms with van der Waals surface area (Å²) in [5.41, 5.74) is 2.00. The van der Waals surface area contributed by atoms with Gasteiger partial charge in [0.25, 0.3) is 5.91 Å². The Bertz CT molecular complexity index is 867. The summed E-state index contributed by atoms with van der Waals surface area (Å²) in [5, 5.41) is 3.73. The molecule has 0 saturated carbocycles. The van der Waals surface area contributed by atoms with Gasteiger partial charge in [0.2, 0.25) is 0 Å². The highest BCUT2D eigenvalue weighted by Gasteiger charge is 2.10. The van der Waals surface area contributed by atoms with Crippen LogP contribution in [0.3, 0.4) is 0 Å². The van der Waals surface area contributed by atoms with E-state index in [0.717, 1.165) is 22.2 Å². The van der Waals surface area contributed by atoms with Crippen LogP contribution >= 0.6 is 15.9 Å². The summed E-state index contributed by atoms with van der Waals surface area (Å²) >= 11 is 3.37. The quantitative estimate of drug-likeness (QED) is 0.714. The predicted molar refractivity (Wildman–Crippen MR) is 91.4 cm³/mol. The number of aromatic nitrogens is 2. The Kier molecular flexibility index (Phi) is 4.52. The number of carbonyl (C=O) groups excluding carboxylic acids is 1. The number of amides is 1. The van der Waals surface area contributed by atoms with Gasteiger partial charge in [-0.05, 0) is 40.2 Å². The lowest BCUT2D eigenvalue weighted by Gasteiger charge is -2.09. The molecule has 0 saturated heterocycles. The standard InChI is InChI=1S/C17H14BrN3O2/c1-23-15-5-3-2-4-11(15)10-20-17(22)14-7-6-12-13(21-14)8-9-19-16(12)18/h2-9H,10H2,1H3,(H,20,22). The van der Waals surface area contributed by atoms with Crippen LogP contribution in [0.15, 0.2) is 53.3 Å². The number of rotatable bonds is 4. The zero-order valence-electron chi connectivity index (χ0n) is 12.4. The van der Waals surface area contributed by atoms with E-state index < -0.39 is 0 Å². The van der Waals surface area contributed by atoms with Crippen molar-refractivity contribution in [1.29, 1.82) is 0 Å². The van der Waals surface area contributed by atoms with E-state index in [2.05, 4.69) is 31.2 Å². The van der Waals surface area contributed by atoms with E-state index in [1.807, 2.05) is 30.3 Å². The van der Waals surface area contributed by atoms with Crippen molar-refractivity contribution in [1.82, 2.24) is 15.3 Å². The molecule has 3 aromatic rings. The van der Waals surface area contributed by atoms with Crippen molar-refractivity contribution in [3.63, 3.8) is 0 Å². The van der Waals surface area contributed by atoms with E-state index in [-0.39, 0.29) is 5.91 Å². The number of ether oxygens (including phenoxy) is 1. The van der Waals surface area contributed by atoms with E-state index in [0.29, 0.717) is 16.8 Å². The van der Waals surface area contributed by atoms with Crippen LogP contribution in [0, 0.1) is 0 Å². The first kappa shape index (κ1) is 15.4. The van der Waals surface area contributed by atoms with Gasteiger partial charge in [0.1, 0.15) is 16.0 Å². The Morgan fingerprint density at radius 3 is 2.87 bits per heavy atom. The largest absolute Gasteiger partial charge is 0.496 e. The monoisotopic (exact) mass is 371 g/mol. The minimum atomic E-state index is -0.231. The van der Waals surface area contributed by atoms with Gasteiger partial charge in [-0.1, -0.05) is 18.2 Å². The molecule has 3 rings (SSSR count). The number of pyridine rings is 2. The van der Waals surface area contributed by atoms with Gasteiger partial charge in [-0.15, -0.1) is 0 Å². The molecule has 0 bridgehead atoms. The SMILES string of the molecule is COc1ccccc1CNC(=O)c1ccc2c(Br)nccc2n1. The number of fused-ring (bicyclic) bond motifs is 1. The maximum Gasteiger partial charge on any atom is 0.270 e. The number of hydrogen-bond donors (Lipinski definition) is 1. The molecule has 0 aliphatic rings. The van der Waals surface area contributed by atoms with Gasteiger partial charge >= 0.3 is 0 Å². The van der Waals surface area contributed by atoms with Gasteiger partial charge in [-0.2, -0.15) is 0 Å². The molecule has 0 radical (unpaired) electrons. The molecule has 116 valence electrons. The van der Waals surface area contributed by atoms with Crippen molar-refractivity contribution >= 4 is 32.7 Å². The minimum Gasteiger partial charge on any atom is -0.496 e. The molecule has 5 nitrogen and oxygen atoms in total. The average Bonchev–Trinajstić information content (AvgIpc) is 2.59. The first-order valence-corrected chi connectivity index (χ1v) is 7.79. The lowest BCUT2D eigenvalue weighted by Crippen LogP contribution is -2.24. The second kappa shape index (κ2) is 6.75. The van der Waals surface area contributed by atoms with Crippen molar-refractivity contribution in [3.05, 3.63) is 64.5 Å². The van der Waals surface area contributed by atoms with Crippen LogP contribution < -0.4 is 10.1 Å². The number of methoxy groups -OCH3 is 1. The van der Waals surface area contributed by atoms with Crippen LogP contribution in [0.5, 0.6) is 5.75 Å². The topological polar surface area (TPSA) is 64.1 Å². The number of carbonyl (C=O) groups is 1. The van der Waals surface area contributed by atoms with E-state index in [1.54, 1.807) is 25.4 Å². The summed E-state index contributed by atoms with van der Waals surface area (Å²) in [6.45, 7) is 0.378. The third-order valence-electron chi connectivity index (χ3n) is 3.43. The van der Waals surface area contributed by atoms with Gasteiger partial charge in [0.05, 0.1) is 12.6 Å². The molecule has 0 aliphatic heterocycles. The number of benzene rings is 1. The van der Waals surface area contributed by atoms with Gasteiger partial charge in [-0.3, -0.25) is 4.79 Å². The maximum atomic E-state index is 12.3. The lowest BCUT2D eigenvalue weighted by molar-refractivity contribution is 0.0946.